The molecule has 0 atom stereocenters. The van der Waals surface area contributed by atoms with Gasteiger partial charge in [0.05, 0.1) is 17.1 Å². The van der Waals surface area contributed by atoms with Gasteiger partial charge in [0.25, 0.3) is 10.0 Å². The van der Waals surface area contributed by atoms with Crippen LogP contribution in [-0.4, -0.2) is 33.4 Å². The summed E-state index contributed by atoms with van der Waals surface area (Å²) in [7, 11) is -3.81. The summed E-state index contributed by atoms with van der Waals surface area (Å²) < 4.78 is 33.2. The van der Waals surface area contributed by atoms with Gasteiger partial charge in [-0.1, -0.05) is 13.3 Å². The fourth-order valence-electron chi connectivity index (χ4n) is 3.28. The highest BCUT2D eigenvalue weighted by Crippen LogP contribution is 2.28. The van der Waals surface area contributed by atoms with Crippen LogP contribution in [0.25, 0.3) is 0 Å². The number of hydrogen-bond donors (Lipinski definition) is 1. The molecule has 7 nitrogen and oxygen atoms in total. The summed E-state index contributed by atoms with van der Waals surface area (Å²) >= 11 is 0. The number of aryl methyl sites for hydroxylation is 1. The lowest BCUT2D eigenvalue weighted by Crippen LogP contribution is -2.24. The van der Waals surface area contributed by atoms with E-state index in [9.17, 15) is 18.0 Å². The fraction of sp³-hybridized carbons (Fsp3) is 0.364. The van der Waals surface area contributed by atoms with Crippen LogP contribution in [0.15, 0.2) is 47.4 Å². The van der Waals surface area contributed by atoms with Gasteiger partial charge in [-0.3, -0.25) is 9.52 Å². The average Bonchev–Trinajstić information content (AvgIpc) is 3.14. The second-order valence-corrected chi connectivity index (χ2v) is 8.95. The minimum atomic E-state index is -3.81. The second-order valence-electron chi connectivity index (χ2n) is 7.27. The Morgan fingerprint density at radius 2 is 1.90 bits per heavy atom. The molecule has 1 heterocycles. The maximum absolute atomic E-state index is 12.8. The molecule has 0 aliphatic carbocycles. The first-order valence-corrected chi connectivity index (χ1v) is 11.5. The first-order valence-electron chi connectivity index (χ1n) is 10.0. The topological polar surface area (TPSA) is 92.8 Å². The molecule has 1 fully saturated rings. The molecule has 3 rings (SSSR count). The first kappa shape index (κ1) is 21.8. The van der Waals surface area contributed by atoms with Gasteiger partial charge in [0.15, 0.2) is 0 Å². The molecule has 0 radical (unpaired) electrons. The van der Waals surface area contributed by atoms with Crippen molar-refractivity contribution in [3.63, 3.8) is 0 Å². The normalized spacial score (nSPS) is 14.1. The predicted octanol–water partition coefficient (Wildman–Crippen LogP) is 3.88. The minimum Gasteiger partial charge on any atom is -0.462 e. The zero-order valence-electron chi connectivity index (χ0n) is 17.2. The van der Waals surface area contributed by atoms with Gasteiger partial charge in [-0.2, -0.15) is 0 Å². The van der Waals surface area contributed by atoms with Crippen LogP contribution in [0.3, 0.4) is 0 Å². The van der Waals surface area contributed by atoms with E-state index in [0.717, 1.165) is 30.5 Å². The Labute approximate surface area is 177 Å². The van der Waals surface area contributed by atoms with Crippen molar-refractivity contribution in [2.45, 2.75) is 44.4 Å². The number of carbonyl (C=O) groups excluding carboxylic acids is 2. The molecule has 0 aromatic heterocycles. The molecule has 1 saturated heterocycles. The van der Waals surface area contributed by atoms with Gasteiger partial charge in [-0.15, -0.1) is 0 Å². The Morgan fingerprint density at radius 1 is 1.17 bits per heavy atom. The van der Waals surface area contributed by atoms with Crippen LogP contribution in [0.5, 0.6) is 0 Å². The zero-order valence-corrected chi connectivity index (χ0v) is 18.0. The zero-order chi connectivity index (χ0) is 21.7. The molecule has 2 aromatic carbocycles. The van der Waals surface area contributed by atoms with Crippen LogP contribution in [0.4, 0.5) is 11.4 Å². The van der Waals surface area contributed by atoms with Gasteiger partial charge >= 0.3 is 5.97 Å². The van der Waals surface area contributed by atoms with Crippen molar-refractivity contribution in [2.75, 3.05) is 22.8 Å². The molecule has 0 spiro atoms. The molecule has 160 valence electrons. The number of sulfonamides is 1. The van der Waals surface area contributed by atoms with Crippen molar-refractivity contribution in [1.82, 2.24) is 0 Å². The number of esters is 1. The van der Waals surface area contributed by atoms with Crippen molar-refractivity contribution in [2.24, 2.45) is 0 Å². The summed E-state index contributed by atoms with van der Waals surface area (Å²) in [6.45, 7) is 4.81. The van der Waals surface area contributed by atoms with E-state index in [-0.39, 0.29) is 10.8 Å². The summed E-state index contributed by atoms with van der Waals surface area (Å²) in [5, 5.41) is 0. The molecular formula is C22H26N2O5S. The Hall–Kier alpha value is -2.87. The smallest absolute Gasteiger partial charge is 0.338 e. The lowest BCUT2D eigenvalue weighted by atomic mass is 10.2. The summed E-state index contributed by atoms with van der Waals surface area (Å²) in [5.41, 5.74) is 2.17. The van der Waals surface area contributed by atoms with Crippen LogP contribution in [0.2, 0.25) is 0 Å². The molecule has 1 N–H and O–H groups in total. The third kappa shape index (κ3) is 4.99. The maximum atomic E-state index is 12.8. The molecular weight excluding hydrogens is 404 g/mol. The van der Waals surface area contributed by atoms with Gasteiger partial charge in [-0.25, -0.2) is 13.2 Å². The molecule has 0 unspecified atom stereocenters. The Kier molecular flexibility index (Phi) is 6.77. The molecule has 0 bridgehead atoms. The van der Waals surface area contributed by atoms with Crippen molar-refractivity contribution in [3.05, 3.63) is 53.6 Å². The van der Waals surface area contributed by atoms with Crippen molar-refractivity contribution in [1.29, 1.82) is 0 Å². The highest BCUT2D eigenvalue weighted by Gasteiger charge is 2.24. The number of unbranched alkanes of at least 4 members (excludes halogenated alkanes) is 1. The lowest BCUT2D eigenvalue weighted by molar-refractivity contribution is -0.117. The minimum absolute atomic E-state index is 0.0557. The number of benzene rings is 2. The molecule has 1 amide bonds. The molecule has 30 heavy (non-hydrogen) atoms. The van der Waals surface area contributed by atoms with E-state index in [4.69, 9.17) is 4.74 Å². The van der Waals surface area contributed by atoms with Gasteiger partial charge in [-0.05, 0) is 67.8 Å². The average molecular weight is 431 g/mol. The van der Waals surface area contributed by atoms with Crippen LogP contribution in [0.1, 0.15) is 48.5 Å². The first-order chi connectivity index (χ1) is 14.3. The van der Waals surface area contributed by atoms with Gasteiger partial charge in [0.1, 0.15) is 0 Å². The van der Waals surface area contributed by atoms with E-state index in [1.165, 1.54) is 30.3 Å². The SMILES string of the molecule is CCCCOC(=O)c1ccc(NS(=O)(=O)c2ccc(N3CCCC3=O)c(C)c2)cc1. The van der Waals surface area contributed by atoms with Crippen LogP contribution >= 0.6 is 0 Å². The van der Waals surface area contributed by atoms with E-state index < -0.39 is 16.0 Å². The number of anilines is 2. The number of amides is 1. The summed E-state index contributed by atoms with van der Waals surface area (Å²) in [5.74, 6) is -0.374. The Morgan fingerprint density at radius 3 is 2.50 bits per heavy atom. The van der Waals surface area contributed by atoms with Gasteiger partial charge < -0.3 is 9.64 Å². The number of nitrogens with one attached hydrogen (secondary N) is 1. The van der Waals surface area contributed by atoms with Gasteiger partial charge in [0, 0.05) is 24.3 Å². The lowest BCUT2D eigenvalue weighted by Gasteiger charge is -2.19. The van der Waals surface area contributed by atoms with Crippen LogP contribution in [-0.2, 0) is 19.6 Å². The number of ether oxygens (including phenoxy) is 1. The number of nitrogens with zero attached hydrogens (tertiary/aromatic N) is 1. The van der Waals surface area contributed by atoms with E-state index >= 15 is 0 Å². The largest absolute Gasteiger partial charge is 0.462 e. The highest BCUT2D eigenvalue weighted by atomic mass is 32.2. The summed E-state index contributed by atoms with van der Waals surface area (Å²) in [6, 6.07) is 10.8. The highest BCUT2D eigenvalue weighted by molar-refractivity contribution is 7.92. The molecule has 0 saturated carbocycles. The van der Waals surface area contributed by atoms with Crippen molar-refractivity contribution >= 4 is 33.3 Å². The number of carbonyl (C=O) groups is 2. The Balaban J connectivity index is 1.71. The summed E-state index contributed by atoms with van der Waals surface area (Å²) in [4.78, 5) is 25.7. The summed E-state index contributed by atoms with van der Waals surface area (Å²) in [6.07, 6.45) is 3.06. The number of rotatable bonds is 8. The van der Waals surface area contributed by atoms with E-state index in [1.807, 2.05) is 6.92 Å². The molecule has 1 aliphatic heterocycles. The van der Waals surface area contributed by atoms with E-state index in [1.54, 1.807) is 24.0 Å². The third-order valence-electron chi connectivity index (χ3n) is 4.95. The third-order valence-corrected chi connectivity index (χ3v) is 6.33. The van der Waals surface area contributed by atoms with Crippen molar-refractivity contribution < 1.29 is 22.7 Å². The van der Waals surface area contributed by atoms with Gasteiger partial charge in [0.2, 0.25) is 5.91 Å². The fourth-order valence-corrected chi connectivity index (χ4v) is 4.43. The predicted molar refractivity (Wildman–Crippen MR) is 115 cm³/mol. The molecule has 1 aliphatic rings. The van der Waals surface area contributed by atoms with E-state index in [0.29, 0.717) is 30.8 Å². The Bertz CT molecular complexity index is 1030. The van der Waals surface area contributed by atoms with Crippen LogP contribution < -0.4 is 9.62 Å². The monoisotopic (exact) mass is 430 g/mol. The maximum Gasteiger partial charge on any atom is 0.338 e. The van der Waals surface area contributed by atoms with E-state index in [2.05, 4.69) is 4.72 Å². The van der Waals surface area contributed by atoms with Crippen LogP contribution in [0, 0.1) is 6.92 Å². The molecule has 8 heteroatoms. The van der Waals surface area contributed by atoms with Crippen molar-refractivity contribution in [3.8, 4) is 0 Å². The number of hydrogen-bond acceptors (Lipinski definition) is 5. The second kappa shape index (κ2) is 9.30. The standard InChI is InChI=1S/C22H26N2O5S/c1-3-4-14-29-22(26)17-7-9-18(10-8-17)23-30(27,28)19-11-12-20(16(2)15-19)24-13-5-6-21(24)25/h7-12,15,23H,3-6,13-14H2,1-2H3. The molecule has 2 aromatic rings. The quantitative estimate of drug-likeness (QED) is 0.507.